The molecule has 416 valence electrons. The lowest BCUT2D eigenvalue weighted by Crippen LogP contribution is -2.57. The minimum atomic E-state index is -1.77. The van der Waals surface area contributed by atoms with Gasteiger partial charge in [-0.2, -0.15) is 0 Å². The molecular formula is C77H84O4. The molecule has 0 spiro atoms. The van der Waals surface area contributed by atoms with Gasteiger partial charge in [-0.15, -0.1) is 0 Å². The van der Waals surface area contributed by atoms with E-state index < -0.39 is 63.3 Å². The van der Waals surface area contributed by atoms with Gasteiger partial charge in [-0.1, -0.05) is 308 Å². The summed E-state index contributed by atoms with van der Waals surface area (Å²) in [4.78, 5) is 0. The molecule has 0 heterocycles. The number of ether oxygens (including phenoxy) is 1. The molecule has 3 N–H and O–H groups in total. The molecule has 9 rings (SSSR count). The lowest BCUT2D eigenvalue weighted by Gasteiger charge is -2.50. The van der Waals surface area contributed by atoms with Crippen molar-refractivity contribution in [1.82, 2.24) is 0 Å². The lowest BCUT2D eigenvalue weighted by molar-refractivity contribution is -0.122. The van der Waals surface area contributed by atoms with Crippen LogP contribution in [0, 0.1) is 5.41 Å². The van der Waals surface area contributed by atoms with Crippen LogP contribution in [0.25, 0.3) is 0 Å². The van der Waals surface area contributed by atoms with Crippen molar-refractivity contribution in [3.8, 4) is 5.75 Å². The van der Waals surface area contributed by atoms with Gasteiger partial charge in [-0.3, -0.25) is 0 Å². The van der Waals surface area contributed by atoms with Crippen molar-refractivity contribution in [1.29, 1.82) is 0 Å². The highest BCUT2D eigenvalue weighted by atomic mass is 16.5. The van der Waals surface area contributed by atoms with Crippen molar-refractivity contribution in [3.05, 3.63) is 314 Å². The van der Waals surface area contributed by atoms with Crippen LogP contribution in [0.3, 0.4) is 0 Å². The van der Waals surface area contributed by atoms with E-state index in [-0.39, 0.29) is 0 Å². The standard InChI is InChI=1S/C77H84O4/c1-70(2,55-31-19-13-20-32-55)64-46-43-61(49-67(64)73(7,8)58-37-25-16-26-38-58)77(76(52-78,53-79)54-80,62-44-47-65(71(3,4)56-33-21-14-22-34-56)68(50-62)74(9,10)59-39-27-17-28-40-59)81-63-45-48-66(72(5,6)57-35-23-15-24-36-57)69(51-63)75(11,12)60-41-29-18-30-42-60/h13-51,78-80H,52-54H2,1-12H3. The van der Waals surface area contributed by atoms with Gasteiger partial charge < -0.3 is 20.1 Å². The summed E-state index contributed by atoms with van der Waals surface area (Å²) in [5.74, 6) is 0.525. The normalized spacial score (nSPS) is 13.0. The maximum absolute atomic E-state index is 12.4. The van der Waals surface area contributed by atoms with Crippen LogP contribution in [-0.2, 0) is 38.1 Å². The van der Waals surface area contributed by atoms with Crippen molar-refractivity contribution < 1.29 is 20.1 Å². The first-order valence-electron chi connectivity index (χ1n) is 28.8. The van der Waals surface area contributed by atoms with Crippen LogP contribution >= 0.6 is 0 Å². The number of aliphatic hydroxyl groups excluding tert-OH is 3. The van der Waals surface area contributed by atoms with Gasteiger partial charge in [0, 0.05) is 43.6 Å². The summed E-state index contributed by atoms with van der Waals surface area (Å²) < 4.78 is 8.14. The van der Waals surface area contributed by atoms with E-state index >= 15 is 0 Å². The first-order chi connectivity index (χ1) is 38.5. The molecule has 4 heteroatoms. The SMILES string of the molecule is CC(C)(c1ccccc1)c1ccc(OC(c2ccc(C(C)(C)c3ccccc3)c(C(C)(C)c3ccccc3)c2)(c2ccc(C(C)(C)c3ccccc3)c(C(C)(C)c3ccccc3)c2)C(CO)(CO)CO)cc1C(C)(C)c1ccccc1. The monoisotopic (exact) mass is 1070 g/mol. The number of benzene rings is 9. The Morgan fingerprint density at radius 2 is 0.469 bits per heavy atom. The van der Waals surface area contributed by atoms with Crippen molar-refractivity contribution in [2.75, 3.05) is 19.8 Å². The number of hydrogen-bond donors (Lipinski definition) is 3. The molecule has 0 radical (unpaired) electrons. The second kappa shape index (κ2) is 22.5. The summed E-state index contributed by atoms with van der Waals surface area (Å²) in [6, 6.07) is 83.5. The quantitative estimate of drug-likeness (QED) is 0.0711. The molecule has 0 amide bonds. The molecule has 0 aliphatic rings. The van der Waals surface area contributed by atoms with Gasteiger partial charge in [-0.05, 0) is 78.9 Å². The number of hydrogen-bond acceptors (Lipinski definition) is 4. The Labute approximate surface area is 484 Å². The fourth-order valence-corrected chi connectivity index (χ4v) is 13.0. The van der Waals surface area contributed by atoms with Crippen molar-refractivity contribution in [3.63, 3.8) is 0 Å². The van der Waals surface area contributed by atoms with Gasteiger partial charge in [0.05, 0.1) is 25.2 Å². The van der Waals surface area contributed by atoms with Crippen LogP contribution in [0.5, 0.6) is 5.75 Å². The molecule has 0 aliphatic carbocycles. The largest absolute Gasteiger partial charge is 0.477 e. The zero-order valence-corrected chi connectivity index (χ0v) is 49.9. The van der Waals surface area contributed by atoms with E-state index in [0.717, 1.165) is 61.2 Å². The van der Waals surface area contributed by atoms with Gasteiger partial charge in [0.25, 0.3) is 0 Å². The van der Waals surface area contributed by atoms with Gasteiger partial charge in [0.15, 0.2) is 5.60 Å². The number of aliphatic hydroxyl groups is 3. The van der Waals surface area contributed by atoms with Crippen LogP contribution in [0.2, 0.25) is 0 Å². The van der Waals surface area contributed by atoms with Crippen LogP contribution in [0.1, 0.15) is 161 Å². The summed E-state index contributed by atoms with van der Waals surface area (Å²) in [5, 5.41) is 37.2. The molecule has 0 atom stereocenters. The predicted molar refractivity (Wildman–Crippen MR) is 336 cm³/mol. The Morgan fingerprint density at radius 3 is 0.716 bits per heavy atom. The first kappa shape index (κ1) is 58.3. The van der Waals surface area contributed by atoms with E-state index in [1.54, 1.807) is 0 Å². The Bertz CT molecular complexity index is 3380. The van der Waals surface area contributed by atoms with Gasteiger partial charge >= 0.3 is 0 Å². The van der Waals surface area contributed by atoms with Crippen LogP contribution in [0.15, 0.2) is 237 Å². The first-order valence-corrected chi connectivity index (χ1v) is 28.8. The van der Waals surface area contributed by atoms with Crippen LogP contribution in [0.4, 0.5) is 0 Å². The lowest BCUT2D eigenvalue weighted by atomic mass is 9.61. The molecule has 0 fully saturated rings. The zero-order valence-electron chi connectivity index (χ0n) is 49.9. The minimum absolute atomic E-state index is 0.443. The smallest absolute Gasteiger partial charge is 0.171 e. The Hall–Kier alpha value is -7.34. The minimum Gasteiger partial charge on any atom is -0.477 e. The molecule has 0 aromatic heterocycles. The second-order valence-corrected chi connectivity index (χ2v) is 25.7. The van der Waals surface area contributed by atoms with E-state index in [9.17, 15) is 15.3 Å². The third-order valence-corrected chi connectivity index (χ3v) is 18.8. The highest BCUT2D eigenvalue weighted by molar-refractivity contribution is 5.59. The van der Waals surface area contributed by atoms with Crippen LogP contribution in [-0.4, -0.2) is 35.1 Å². The van der Waals surface area contributed by atoms with Gasteiger partial charge in [-0.25, -0.2) is 0 Å². The second-order valence-electron chi connectivity index (χ2n) is 25.7. The molecule has 0 saturated carbocycles. The molecule has 0 aliphatic heterocycles. The number of rotatable bonds is 20. The fourth-order valence-electron chi connectivity index (χ4n) is 13.0. The summed E-state index contributed by atoms with van der Waals surface area (Å²) >= 11 is 0. The average Bonchev–Trinajstić information content (AvgIpc) is 3.63. The molecule has 9 aromatic rings. The molecule has 9 aromatic carbocycles. The van der Waals surface area contributed by atoms with E-state index in [1.165, 1.54) is 5.56 Å². The van der Waals surface area contributed by atoms with Crippen LogP contribution < -0.4 is 4.74 Å². The highest BCUT2D eigenvalue weighted by Gasteiger charge is 2.57. The summed E-state index contributed by atoms with van der Waals surface area (Å²) in [5.41, 5.74) is 8.16. The third-order valence-electron chi connectivity index (χ3n) is 18.8. The van der Waals surface area contributed by atoms with Crippen molar-refractivity contribution in [2.45, 2.75) is 121 Å². The van der Waals surface area contributed by atoms with E-state index in [4.69, 9.17) is 4.74 Å². The van der Waals surface area contributed by atoms with Gasteiger partial charge in [0.2, 0.25) is 0 Å². The zero-order chi connectivity index (χ0) is 58.1. The van der Waals surface area contributed by atoms with Gasteiger partial charge in [0.1, 0.15) is 5.75 Å². The molecule has 81 heavy (non-hydrogen) atoms. The Morgan fingerprint density at radius 1 is 0.247 bits per heavy atom. The summed E-state index contributed by atoms with van der Waals surface area (Å²) in [7, 11) is 0. The molecular weight excluding hydrogens is 989 g/mol. The Kier molecular flexibility index (Phi) is 16.2. The molecule has 0 unspecified atom stereocenters. The fraction of sp³-hybridized carbons (Fsp3) is 0.299. The molecule has 4 nitrogen and oxygen atoms in total. The Balaban J connectivity index is 1.44. The maximum Gasteiger partial charge on any atom is 0.171 e. The van der Waals surface area contributed by atoms with Crippen molar-refractivity contribution >= 4 is 0 Å². The maximum atomic E-state index is 12.4. The van der Waals surface area contributed by atoms with E-state index in [2.05, 4.69) is 320 Å². The van der Waals surface area contributed by atoms with E-state index in [0.29, 0.717) is 16.9 Å². The topological polar surface area (TPSA) is 69.9 Å². The van der Waals surface area contributed by atoms with Crippen molar-refractivity contribution in [2.24, 2.45) is 5.41 Å². The molecule has 0 bridgehead atoms. The van der Waals surface area contributed by atoms with E-state index in [1.807, 2.05) is 0 Å². The average molecular weight is 1070 g/mol. The highest BCUT2D eigenvalue weighted by Crippen LogP contribution is 2.54. The molecule has 0 saturated heterocycles. The third kappa shape index (κ3) is 10.4. The predicted octanol–water partition coefficient (Wildman–Crippen LogP) is 16.9. The summed E-state index contributed by atoms with van der Waals surface area (Å²) in [6.07, 6.45) is 0. The summed E-state index contributed by atoms with van der Waals surface area (Å²) in [6.45, 7) is 25.5.